The molecule has 0 unspecified atom stereocenters. The van der Waals surface area contributed by atoms with Crippen molar-refractivity contribution in [2.45, 2.75) is 12.6 Å². The number of carboxylic acids is 1. The predicted molar refractivity (Wildman–Crippen MR) is 70.2 cm³/mol. The van der Waals surface area contributed by atoms with Crippen molar-refractivity contribution in [2.75, 3.05) is 13.2 Å². The average molecular weight is 281 g/mol. The molecule has 1 aromatic heterocycles. The molecule has 100 valence electrons. The number of fused-ring (bicyclic) bond motifs is 1. The number of aromatic carboxylic acids is 1. The van der Waals surface area contributed by atoms with Crippen LogP contribution in [-0.4, -0.2) is 30.3 Å². The predicted octanol–water partition coefficient (Wildman–Crippen LogP) is 2.23. The van der Waals surface area contributed by atoms with Gasteiger partial charge < -0.3 is 15.2 Å². The van der Waals surface area contributed by atoms with Gasteiger partial charge >= 0.3 is 5.97 Å². The first-order chi connectivity index (χ1) is 9.16. The first-order valence-corrected chi connectivity index (χ1v) is 6.73. The molecule has 0 saturated carbocycles. The Labute approximate surface area is 112 Å². The van der Waals surface area contributed by atoms with Crippen LogP contribution in [0.1, 0.15) is 15.2 Å². The lowest BCUT2D eigenvalue weighted by atomic mass is 10.1. The van der Waals surface area contributed by atoms with Crippen molar-refractivity contribution in [1.29, 1.82) is 0 Å². The van der Waals surface area contributed by atoms with Gasteiger partial charge in [-0.3, -0.25) is 0 Å². The van der Waals surface area contributed by atoms with Crippen LogP contribution >= 0.6 is 11.3 Å². The molecule has 0 bridgehead atoms. The molecule has 3 rings (SSSR count). The highest BCUT2D eigenvalue weighted by Crippen LogP contribution is 2.33. The number of nitrogens with one attached hydrogen (secondary N) is 1. The van der Waals surface area contributed by atoms with E-state index in [0.29, 0.717) is 35.4 Å². The number of carboxylic acid groups (broad SMARTS) is 1. The molecule has 6 heteroatoms. The van der Waals surface area contributed by atoms with Gasteiger partial charge in [-0.15, -0.1) is 11.3 Å². The number of rotatable bonds is 4. The summed E-state index contributed by atoms with van der Waals surface area (Å²) in [6.45, 7) is 1.58. The van der Waals surface area contributed by atoms with Crippen molar-refractivity contribution >= 4 is 27.4 Å². The molecule has 2 N–H and O–H groups in total. The van der Waals surface area contributed by atoms with Crippen molar-refractivity contribution in [3.8, 4) is 0 Å². The van der Waals surface area contributed by atoms with Crippen LogP contribution in [0.2, 0.25) is 0 Å². The van der Waals surface area contributed by atoms with Gasteiger partial charge in [-0.05, 0) is 12.1 Å². The van der Waals surface area contributed by atoms with Crippen molar-refractivity contribution in [2.24, 2.45) is 0 Å². The summed E-state index contributed by atoms with van der Waals surface area (Å²) < 4.78 is 19.6. The summed E-state index contributed by atoms with van der Waals surface area (Å²) in [4.78, 5) is 11.5. The Hall–Kier alpha value is -1.50. The Morgan fingerprint density at radius 1 is 1.53 bits per heavy atom. The van der Waals surface area contributed by atoms with Gasteiger partial charge in [-0.1, -0.05) is 6.07 Å². The normalized spacial score (nSPS) is 15.6. The number of benzene rings is 1. The number of ether oxygens (including phenoxy) is 1. The van der Waals surface area contributed by atoms with E-state index in [-0.39, 0.29) is 16.7 Å². The van der Waals surface area contributed by atoms with Gasteiger partial charge in [0.05, 0.1) is 19.3 Å². The third-order valence-electron chi connectivity index (χ3n) is 3.16. The maximum atomic E-state index is 13.9. The molecular weight excluding hydrogens is 269 g/mol. The summed E-state index contributed by atoms with van der Waals surface area (Å²) in [5, 5.41) is 12.8. The minimum Gasteiger partial charge on any atom is -0.477 e. The first-order valence-electron chi connectivity index (χ1n) is 5.91. The highest BCUT2D eigenvalue weighted by Gasteiger charge is 2.23. The molecule has 0 atom stereocenters. The zero-order valence-corrected chi connectivity index (χ0v) is 10.8. The Kier molecular flexibility index (Phi) is 3.22. The number of carbonyl (C=O) groups is 1. The number of hydrogen-bond donors (Lipinski definition) is 2. The fourth-order valence-electron chi connectivity index (χ4n) is 2.11. The molecule has 1 aliphatic rings. The second-order valence-electron chi connectivity index (χ2n) is 4.44. The third-order valence-corrected chi connectivity index (χ3v) is 4.35. The summed E-state index contributed by atoms with van der Waals surface area (Å²) >= 11 is 1.11. The summed E-state index contributed by atoms with van der Waals surface area (Å²) in [6, 6.07) is 4.92. The fourth-order valence-corrected chi connectivity index (χ4v) is 3.18. The molecule has 0 radical (unpaired) electrons. The Morgan fingerprint density at radius 2 is 2.32 bits per heavy atom. The minimum absolute atomic E-state index is 0.202. The Balaban J connectivity index is 2.02. The van der Waals surface area contributed by atoms with Crippen LogP contribution < -0.4 is 5.32 Å². The van der Waals surface area contributed by atoms with Gasteiger partial charge in [0.1, 0.15) is 10.7 Å². The zero-order chi connectivity index (χ0) is 13.4. The molecule has 19 heavy (non-hydrogen) atoms. The average Bonchev–Trinajstić information content (AvgIpc) is 2.68. The van der Waals surface area contributed by atoms with Gasteiger partial charge in [0.15, 0.2) is 0 Å². The van der Waals surface area contributed by atoms with Crippen LogP contribution in [0, 0.1) is 5.82 Å². The third kappa shape index (κ3) is 2.22. The maximum Gasteiger partial charge on any atom is 0.346 e. The second-order valence-corrected chi connectivity index (χ2v) is 5.50. The highest BCUT2D eigenvalue weighted by atomic mass is 32.1. The monoisotopic (exact) mass is 281 g/mol. The standard InChI is InChI=1S/C13H12FNO3S/c14-9-2-1-3-10-11(9)8(12(19-10)13(16)17)4-15-7-5-18-6-7/h1-3,7,15H,4-6H2,(H,16,17). The van der Waals surface area contributed by atoms with Gasteiger partial charge in [0, 0.05) is 22.2 Å². The second kappa shape index (κ2) is 4.88. The smallest absolute Gasteiger partial charge is 0.346 e. The van der Waals surface area contributed by atoms with Gasteiger partial charge in [-0.25, -0.2) is 9.18 Å². The molecule has 0 aliphatic carbocycles. The largest absolute Gasteiger partial charge is 0.477 e. The van der Waals surface area contributed by atoms with Crippen molar-refractivity contribution in [3.05, 3.63) is 34.5 Å². The van der Waals surface area contributed by atoms with Gasteiger partial charge in [0.25, 0.3) is 0 Å². The van der Waals surface area contributed by atoms with Crippen molar-refractivity contribution < 1.29 is 19.0 Å². The lowest BCUT2D eigenvalue weighted by molar-refractivity contribution is -0.00576. The topological polar surface area (TPSA) is 58.6 Å². The summed E-state index contributed by atoms with van der Waals surface area (Å²) in [7, 11) is 0. The van der Waals surface area contributed by atoms with Crippen molar-refractivity contribution in [1.82, 2.24) is 5.32 Å². The van der Waals surface area contributed by atoms with E-state index in [1.807, 2.05) is 0 Å². The minimum atomic E-state index is -1.01. The van der Waals surface area contributed by atoms with Crippen LogP contribution in [0.5, 0.6) is 0 Å². The molecule has 0 spiro atoms. The highest BCUT2D eigenvalue weighted by molar-refractivity contribution is 7.21. The maximum absolute atomic E-state index is 13.9. The van der Waals surface area contributed by atoms with Gasteiger partial charge in [0.2, 0.25) is 0 Å². The van der Waals surface area contributed by atoms with E-state index in [1.165, 1.54) is 6.07 Å². The lowest BCUT2D eigenvalue weighted by Crippen LogP contribution is -2.45. The summed E-state index contributed by atoms with van der Waals surface area (Å²) in [5.41, 5.74) is 0.525. The first kappa shape index (κ1) is 12.5. The van der Waals surface area contributed by atoms with Crippen LogP contribution in [-0.2, 0) is 11.3 Å². The quantitative estimate of drug-likeness (QED) is 0.902. The Bertz CT molecular complexity index is 636. The molecule has 1 aliphatic heterocycles. The molecule has 1 aromatic carbocycles. The van der Waals surface area contributed by atoms with E-state index in [0.717, 1.165) is 11.3 Å². The van der Waals surface area contributed by atoms with Crippen LogP contribution in [0.15, 0.2) is 18.2 Å². The molecule has 0 amide bonds. The number of halogens is 1. The molecular formula is C13H12FNO3S. The lowest BCUT2D eigenvalue weighted by Gasteiger charge is -2.27. The van der Waals surface area contributed by atoms with Crippen molar-refractivity contribution in [3.63, 3.8) is 0 Å². The van der Waals surface area contributed by atoms with E-state index >= 15 is 0 Å². The van der Waals surface area contributed by atoms with Gasteiger partial charge in [-0.2, -0.15) is 0 Å². The van der Waals surface area contributed by atoms with E-state index in [2.05, 4.69) is 5.32 Å². The number of hydrogen-bond acceptors (Lipinski definition) is 4. The molecule has 2 heterocycles. The molecule has 2 aromatic rings. The molecule has 1 fully saturated rings. The summed E-state index contributed by atoms with van der Waals surface area (Å²) in [5.74, 6) is -1.38. The van der Waals surface area contributed by atoms with Crippen LogP contribution in [0.4, 0.5) is 4.39 Å². The van der Waals surface area contributed by atoms with E-state index in [1.54, 1.807) is 12.1 Å². The Morgan fingerprint density at radius 3 is 2.95 bits per heavy atom. The van der Waals surface area contributed by atoms with E-state index in [4.69, 9.17) is 4.74 Å². The zero-order valence-electron chi connectivity index (χ0n) is 9.98. The molecule has 1 saturated heterocycles. The molecule has 4 nitrogen and oxygen atoms in total. The number of thiophene rings is 1. The fraction of sp³-hybridized carbons (Fsp3) is 0.308. The van der Waals surface area contributed by atoms with E-state index in [9.17, 15) is 14.3 Å². The van der Waals surface area contributed by atoms with E-state index < -0.39 is 5.97 Å². The summed E-state index contributed by atoms with van der Waals surface area (Å²) in [6.07, 6.45) is 0. The van der Waals surface area contributed by atoms with Crippen LogP contribution in [0.25, 0.3) is 10.1 Å². The SMILES string of the molecule is O=C(O)c1sc2cccc(F)c2c1CNC1COC1. The van der Waals surface area contributed by atoms with Crippen LogP contribution in [0.3, 0.4) is 0 Å².